The molecule has 0 radical (unpaired) electrons. The first-order valence-corrected chi connectivity index (χ1v) is 7.89. The summed E-state index contributed by atoms with van der Waals surface area (Å²) in [7, 11) is 1.85. The van der Waals surface area contributed by atoms with Crippen LogP contribution in [0, 0.1) is 0 Å². The van der Waals surface area contributed by atoms with E-state index in [0.717, 1.165) is 19.3 Å². The van der Waals surface area contributed by atoms with Crippen molar-refractivity contribution >= 4 is 17.0 Å². The van der Waals surface area contributed by atoms with Crippen LogP contribution in [0.4, 0.5) is 4.79 Å². The van der Waals surface area contributed by atoms with Crippen LogP contribution in [-0.2, 0) is 17.6 Å². The van der Waals surface area contributed by atoms with Gasteiger partial charge in [0.25, 0.3) is 0 Å². The Labute approximate surface area is 131 Å². The SMILES string of the molecule is CN(C(=O)OC(C)(C)C)C1CCc2[nH]c3ccccc3c2C1. The minimum absolute atomic E-state index is 0.196. The number of nitrogens with one attached hydrogen (secondary N) is 1. The van der Waals surface area contributed by atoms with Gasteiger partial charge in [0.15, 0.2) is 0 Å². The molecule has 1 aromatic carbocycles. The molecule has 0 bridgehead atoms. The van der Waals surface area contributed by atoms with Crippen LogP contribution in [0.3, 0.4) is 0 Å². The van der Waals surface area contributed by atoms with Gasteiger partial charge in [-0.25, -0.2) is 4.79 Å². The first-order chi connectivity index (χ1) is 10.3. The normalized spacial score (nSPS) is 18.1. The third-order valence-electron chi connectivity index (χ3n) is 4.30. The van der Waals surface area contributed by atoms with Gasteiger partial charge in [-0.1, -0.05) is 18.2 Å². The smallest absolute Gasteiger partial charge is 0.410 e. The second-order valence-electron chi connectivity index (χ2n) is 7.12. The number of likely N-dealkylation sites (N-methyl/N-ethyl adjacent to an activating group) is 1. The van der Waals surface area contributed by atoms with Crippen LogP contribution >= 0.6 is 0 Å². The van der Waals surface area contributed by atoms with E-state index in [1.54, 1.807) is 4.90 Å². The number of aromatic nitrogens is 1. The van der Waals surface area contributed by atoms with Gasteiger partial charge in [0.05, 0.1) is 0 Å². The van der Waals surface area contributed by atoms with Crippen molar-refractivity contribution in [3.63, 3.8) is 0 Å². The maximum Gasteiger partial charge on any atom is 0.410 e. The zero-order valence-corrected chi connectivity index (χ0v) is 13.8. The van der Waals surface area contributed by atoms with Gasteiger partial charge in [0.1, 0.15) is 5.60 Å². The van der Waals surface area contributed by atoms with E-state index in [4.69, 9.17) is 4.74 Å². The fourth-order valence-electron chi connectivity index (χ4n) is 3.16. The quantitative estimate of drug-likeness (QED) is 0.868. The minimum Gasteiger partial charge on any atom is -0.444 e. The molecule has 4 heteroatoms. The maximum atomic E-state index is 12.3. The van der Waals surface area contributed by atoms with Gasteiger partial charge >= 0.3 is 6.09 Å². The van der Waals surface area contributed by atoms with E-state index >= 15 is 0 Å². The Morgan fingerprint density at radius 1 is 1.32 bits per heavy atom. The van der Waals surface area contributed by atoms with Crippen molar-refractivity contribution in [1.82, 2.24) is 9.88 Å². The Kier molecular flexibility index (Phi) is 3.63. The van der Waals surface area contributed by atoms with Crippen LogP contribution in [-0.4, -0.2) is 34.7 Å². The highest BCUT2D eigenvalue weighted by Crippen LogP contribution is 2.31. The second kappa shape index (κ2) is 5.34. The van der Waals surface area contributed by atoms with Crippen molar-refractivity contribution in [3.05, 3.63) is 35.5 Å². The van der Waals surface area contributed by atoms with Crippen LogP contribution in [0.15, 0.2) is 24.3 Å². The molecule has 0 aliphatic heterocycles. The van der Waals surface area contributed by atoms with E-state index in [1.165, 1.54) is 22.2 Å². The molecular weight excluding hydrogens is 276 g/mol. The number of nitrogens with zero attached hydrogens (tertiary/aromatic N) is 1. The Balaban J connectivity index is 1.80. The standard InChI is InChI=1S/C18H24N2O2/c1-18(2,3)22-17(21)20(4)12-9-10-16-14(11-12)13-7-5-6-8-15(13)19-16/h5-8,12,19H,9-11H2,1-4H3. The predicted octanol–water partition coefficient (Wildman–Crippen LogP) is 3.89. The number of fused-ring (bicyclic) bond motifs is 3. The van der Waals surface area contributed by atoms with Gasteiger partial charge in [-0.3, -0.25) is 0 Å². The van der Waals surface area contributed by atoms with Crippen LogP contribution in [0.1, 0.15) is 38.4 Å². The van der Waals surface area contributed by atoms with Gasteiger partial charge in [-0.15, -0.1) is 0 Å². The summed E-state index contributed by atoms with van der Waals surface area (Å²) in [4.78, 5) is 17.5. The highest BCUT2D eigenvalue weighted by Gasteiger charge is 2.29. The monoisotopic (exact) mass is 300 g/mol. The second-order valence-corrected chi connectivity index (χ2v) is 7.12. The molecule has 0 saturated heterocycles. The predicted molar refractivity (Wildman–Crippen MR) is 88.1 cm³/mol. The van der Waals surface area contributed by atoms with Crippen molar-refractivity contribution < 1.29 is 9.53 Å². The molecule has 0 saturated carbocycles. The molecule has 0 fully saturated rings. The number of hydrogen-bond donors (Lipinski definition) is 1. The van der Waals surface area contributed by atoms with E-state index in [0.29, 0.717) is 0 Å². The molecule has 4 nitrogen and oxygen atoms in total. The molecule has 2 aromatic rings. The van der Waals surface area contributed by atoms with Gasteiger partial charge in [0.2, 0.25) is 0 Å². The summed E-state index contributed by atoms with van der Waals surface area (Å²) in [6, 6.07) is 8.58. The average Bonchev–Trinajstić information content (AvgIpc) is 2.82. The van der Waals surface area contributed by atoms with Crippen LogP contribution in [0.5, 0.6) is 0 Å². The lowest BCUT2D eigenvalue weighted by Gasteiger charge is -2.33. The van der Waals surface area contributed by atoms with Crippen LogP contribution in [0.25, 0.3) is 10.9 Å². The minimum atomic E-state index is -0.452. The molecule has 22 heavy (non-hydrogen) atoms. The van der Waals surface area contributed by atoms with E-state index in [2.05, 4.69) is 29.2 Å². The van der Waals surface area contributed by atoms with Crippen molar-refractivity contribution in [1.29, 1.82) is 0 Å². The molecular formula is C18H24N2O2. The van der Waals surface area contributed by atoms with Gasteiger partial charge in [-0.2, -0.15) is 0 Å². The van der Waals surface area contributed by atoms with Crippen molar-refractivity contribution in [2.75, 3.05) is 7.05 Å². The highest BCUT2D eigenvalue weighted by atomic mass is 16.6. The van der Waals surface area contributed by atoms with Crippen molar-refractivity contribution in [2.45, 2.75) is 51.7 Å². The summed E-state index contributed by atoms with van der Waals surface area (Å²) in [6.07, 6.45) is 2.59. The lowest BCUT2D eigenvalue weighted by molar-refractivity contribution is 0.0210. The lowest BCUT2D eigenvalue weighted by Crippen LogP contribution is -2.43. The third kappa shape index (κ3) is 2.82. The molecule has 1 atom stereocenters. The van der Waals surface area contributed by atoms with Crippen LogP contribution in [0.2, 0.25) is 0 Å². The molecule has 1 heterocycles. The molecule has 1 aromatic heterocycles. The molecule has 1 amide bonds. The summed E-state index contributed by atoms with van der Waals surface area (Å²) in [5.74, 6) is 0. The number of benzene rings is 1. The number of rotatable bonds is 1. The zero-order chi connectivity index (χ0) is 15.9. The molecule has 1 aliphatic carbocycles. The highest BCUT2D eigenvalue weighted by molar-refractivity contribution is 5.85. The number of para-hydroxylation sites is 1. The van der Waals surface area contributed by atoms with Crippen LogP contribution < -0.4 is 0 Å². The first kappa shape index (κ1) is 14.9. The summed E-state index contributed by atoms with van der Waals surface area (Å²) in [5.41, 5.74) is 3.40. The Bertz CT molecular complexity index is 697. The first-order valence-electron chi connectivity index (χ1n) is 7.89. The van der Waals surface area contributed by atoms with Gasteiger partial charge in [0, 0.05) is 29.7 Å². The van der Waals surface area contributed by atoms with Crippen molar-refractivity contribution in [2.24, 2.45) is 0 Å². The molecule has 0 spiro atoms. The fourth-order valence-corrected chi connectivity index (χ4v) is 3.16. The third-order valence-corrected chi connectivity index (χ3v) is 4.30. The van der Waals surface area contributed by atoms with Gasteiger partial charge < -0.3 is 14.6 Å². The zero-order valence-electron chi connectivity index (χ0n) is 13.8. The Morgan fingerprint density at radius 3 is 2.77 bits per heavy atom. The fraction of sp³-hybridized carbons (Fsp3) is 0.500. The summed E-state index contributed by atoms with van der Waals surface area (Å²) < 4.78 is 5.49. The number of amides is 1. The topological polar surface area (TPSA) is 45.3 Å². The number of aryl methyl sites for hydroxylation is 1. The largest absolute Gasteiger partial charge is 0.444 e. The number of carbonyl (C=O) groups excluding carboxylic acids is 1. The number of ether oxygens (including phenoxy) is 1. The Morgan fingerprint density at radius 2 is 2.05 bits per heavy atom. The van der Waals surface area contributed by atoms with E-state index < -0.39 is 5.60 Å². The van der Waals surface area contributed by atoms with Gasteiger partial charge in [-0.05, 0) is 51.7 Å². The number of H-pyrrole nitrogens is 1. The number of carbonyl (C=O) groups is 1. The van der Waals surface area contributed by atoms with E-state index in [-0.39, 0.29) is 12.1 Å². The maximum absolute atomic E-state index is 12.3. The molecule has 1 aliphatic rings. The number of aromatic amines is 1. The molecule has 1 N–H and O–H groups in total. The van der Waals surface area contributed by atoms with E-state index in [9.17, 15) is 4.79 Å². The molecule has 118 valence electrons. The van der Waals surface area contributed by atoms with E-state index in [1.807, 2.05) is 27.8 Å². The summed E-state index contributed by atoms with van der Waals surface area (Å²) in [5, 5.41) is 1.28. The Hall–Kier alpha value is -1.97. The lowest BCUT2D eigenvalue weighted by atomic mass is 9.91. The van der Waals surface area contributed by atoms with Crippen molar-refractivity contribution in [3.8, 4) is 0 Å². The average molecular weight is 300 g/mol. The summed E-state index contributed by atoms with van der Waals surface area (Å²) >= 11 is 0. The summed E-state index contributed by atoms with van der Waals surface area (Å²) in [6.45, 7) is 5.70. The molecule has 3 rings (SSSR count). The molecule has 1 unspecified atom stereocenters. The number of hydrogen-bond acceptors (Lipinski definition) is 2.